The van der Waals surface area contributed by atoms with Gasteiger partial charge in [0.15, 0.2) is 0 Å². The lowest BCUT2D eigenvalue weighted by Gasteiger charge is -2.16. The fourth-order valence-corrected chi connectivity index (χ4v) is 1.42. The van der Waals surface area contributed by atoms with Crippen molar-refractivity contribution in [2.24, 2.45) is 11.7 Å². The molecule has 0 aromatic rings. The number of rotatable bonds is 2. The molecular weight excluding hydrogens is 133 g/mol. The van der Waals surface area contributed by atoms with Gasteiger partial charge in [0, 0.05) is 11.5 Å². The predicted octanol–water partition coefficient (Wildman–Crippen LogP) is 0.444. The highest BCUT2D eigenvalue weighted by Gasteiger charge is 2.58. The minimum atomic E-state index is -1.24. The molecule has 10 heavy (non-hydrogen) atoms. The van der Waals surface area contributed by atoms with E-state index < -0.39 is 11.2 Å². The second-order valence-electron chi connectivity index (χ2n) is 3.71. The molecule has 3 heteroatoms. The summed E-state index contributed by atoms with van der Waals surface area (Å²) in [6.07, 6.45) is 0.604. The molecule has 0 heterocycles. The van der Waals surface area contributed by atoms with E-state index in [-0.39, 0.29) is 12.5 Å². The van der Waals surface area contributed by atoms with Gasteiger partial charge in [-0.2, -0.15) is 0 Å². The molecule has 1 aliphatic rings. The standard InChI is InChI=1S/C7H14FNO/c1-6(2,8)5-3-7(5,9)4-10/h5,10H,3-4,9H2,1-2H3. The first-order valence-electron chi connectivity index (χ1n) is 3.49. The number of aliphatic hydroxyl groups is 1. The topological polar surface area (TPSA) is 46.2 Å². The Balaban J connectivity index is 2.52. The van der Waals surface area contributed by atoms with Crippen molar-refractivity contribution in [2.45, 2.75) is 31.5 Å². The number of aliphatic hydroxyl groups excluding tert-OH is 1. The first-order chi connectivity index (χ1) is 4.40. The highest BCUT2D eigenvalue weighted by Crippen LogP contribution is 2.49. The smallest absolute Gasteiger partial charge is 0.110 e. The van der Waals surface area contributed by atoms with Crippen LogP contribution in [0.4, 0.5) is 4.39 Å². The van der Waals surface area contributed by atoms with Gasteiger partial charge in [-0.1, -0.05) is 0 Å². The Morgan fingerprint density at radius 1 is 1.80 bits per heavy atom. The number of hydrogen-bond acceptors (Lipinski definition) is 2. The molecule has 60 valence electrons. The lowest BCUT2D eigenvalue weighted by molar-refractivity contribution is 0.149. The third-order valence-corrected chi connectivity index (χ3v) is 2.24. The van der Waals surface area contributed by atoms with Gasteiger partial charge < -0.3 is 10.8 Å². The molecule has 2 nitrogen and oxygen atoms in total. The normalized spacial score (nSPS) is 39.9. The average Bonchev–Trinajstić information content (AvgIpc) is 2.43. The van der Waals surface area contributed by atoms with E-state index in [1.54, 1.807) is 0 Å². The van der Waals surface area contributed by atoms with E-state index in [0.717, 1.165) is 0 Å². The van der Waals surface area contributed by atoms with Gasteiger partial charge in [0.1, 0.15) is 5.67 Å². The van der Waals surface area contributed by atoms with E-state index in [1.807, 2.05) is 0 Å². The van der Waals surface area contributed by atoms with Crippen LogP contribution in [0.15, 0.2) is 0 Å². The molecule has 0 aromatic carbocycles. The van der Waals surface area contributed by atoms with Crippen molar-refractivity contribution in [3.05, 3.63) is 0 Å². The van der Waals surface area contributed by atoms with Gasteiger partial charge >= 0.3 is 0 Å². The molecule has 1 rings (SSSR count). The second-order valence-corrected chi connectivity index (χ2v) is 3.71. The maximum atomic E-state index is 13.1. The molecule has 1 saturated carbocycles. The lowest BCUT2D eigenvalue weighted by Crippen LogP contribution is -2.35. The predicted molar refractivity (Wildman–Crippen MR) is 37.3 cm³/mol. The van der Waals surface area contributed by atoms with Crippen LogP contribution in [0.1, 0.15) is 20.3 Å². The summed E-state index contributed by atoms with van der Waals surface area (Å²) in [6, 6.07) is 0. The minimum Gasteiger partial charge on any atom is -0.394 e. The highest BCUT2D eigenvalue weighted by atomic mass is 19.1. The van der Waals surface area contributed by atoms with E-state index in [4.69, 9.17) is 10.8 Å². The monoisotopic (exact) mass is 147 g/mol. The van der Waals surface area contributed by atoms with Crippen molar-refractivity contribution >= 4 is 0 Å². The Kier molecular flexibility index (Phi) is 1.53. The van der Waals surface area contributed by atoms with Crippen molar-refractivity contribution < 1.29 is 9.50 Å². The first kappa shape index (κ1) is 7.95. The van der Waals surface area contributed by atoms with E-state index in [0.29, 0.717) is 6.42 Å². The van der Waals surface area contributed by atoms with Crippen molar-refractivity contribution in [3.63, 3.8) is 0 Å². The maximum Gasteiger partial charge on any atom is 0.110 e. The molecule has 2 unspecified atom stereocenters. The van der Waals surface area contributed by atoms with Crippen LogP contribution in [0.25, 0.3) is 0 Å². The maximum absolute atomic E-state index is 13.1. The molecule has 0 radical (unpaired) electrons. The van der Waals surface area contributed by atoms with Crippen LogP contribution in [0, 0.1) is 5.92 Å². The highest BCUT2D eigenvalue weighted by molar-refractivity contribution is 5.13. The van der Waals surface area contributed by atoms with Gasteiger partial charge in [0.05, 0.1) is 6.61 Å². The van der Waals surface area contributed by atoms with Crippen LogP contribution >= 0.6 is 0 Å². The summed E-state index contributed by atoms with van der Waals surface area (Å²) >= 11 is 0. The summed E-state index contributed by atoms with van der Waals surface area (Å²) in [6.45, 7) is 2.90. The quantitative estimate of drug-likeness (QED) is 0.595. The van der Waals surface area contributed by atoms with Gasteiger partial charge in [-0.25, -0.2) is 4.39 Å². The Morgan fingerprint density at radius 3 is 2.40 bits per heavy atom. The summed E-state index contributed by atoms with van der Waals surface area (Å²) in [5.74, 6) is -0.162. The van der Waals surface area contributed by atoms with Crippen LogP contribution in [0.2, 0.25) is 0 Å². The number of alkyl halides is 1. The number of nitrogens with two attached hydrogens (primary N) is 1. The molecule has 0 saturated heterocycles. The minimum absolute atomic E-state index is 0.106. The van der Waals surface area contributed by atoms with Crippen LogP contribution in [0.5, 0.6) is 0 Å². The zero-order valence-electron chi connectivity index (χ0n) is 6.39. The second kappa shape index (κ2) is 1.92. The van der Waals surface area contributed by atoms with Gasteiger partial charge in [0.2, 0.25) is 0 Å². The van der Waals surface area contributed by atoms with Crippen LogP contribution in [-0.2, 0) is 0 Å². The summed E-state index contributed by atoms with van der Waals surface area (Å²) in [7, 11) is 0. The molecular formula is C7H14FNO. The number of halogens is 1. The summed E-state index contributed by atoms with van der Waals surface area (Å²) in [5, 5.41) is 8.71. The molecule has 3 N–H and O–H groups in total. The third kappa shape index (κ3) is 1.16. The molecule has 1 aliphatic carbocycles. The van der Waals surface area contributed by atoms with Crippen molar-refractivity contribution in [1.82, 2.24) is 0 Å². The lowest BCUT2D eigenvalue weighted by atomic mass is 10.0. The molecule has 0 amide bonds. The van der Waals surface area contributed by atoms with Crippen LogP contribution in [-0.4, -0.2) is 22.9 Å². The fraction of sp³-hybridized carbons (Fsp3) is 1.00. The van der Waals surface area contributed by atoms with Crippen molar-refractivity contribution in [2.75, 3.05) is 6.61 Å². The zero-order chi connectivity index (χ0) is 7.99. The van der Waals surface area contributed by atoms with Crippen LogP contribution in [0.3, 0.4) is 0 Å². The van der Waals surface area contributed by atoms with Gasteiger partial charge in [-0.05, 0) is 20.3 Å². The Bertz CT molecular complexity index is 143. The summed E-state index contributed by atoms with van der Waals surface area (Å²) < 4.78 is 13.1. The van der Waals surface area contributed by atoms with Gasteiger partial charge in [0.25, 0.3) is 0 Å². The Labute approximate surface area is 60.2 Å². The Hall–Kier alpha value is -0.150. The van der Waals surface area contributed by atoms with E-state index in [2.05, 4.69) is 0 Å². The molecule has 0 aromatic heterocycles. The van der Waals surface area contributed by atoms with E-state index in [1.165, 1.54) is 13.8 Å². The molecule has 0 aliphatic heterocycles. The van der Waals surface area contributed by atoms with E-state index >= 15 is 0 Å². The molecule has 0 spiro atoms. The number of hydrogen-bond donors (Lipinski definition) is 2. The Morgan fingerprint density at radius 2 is 2.30 bits per heavy atom. The molecule has 0 bridgehead atoms. The van der Waals surface area contributed by atoms with Gasteiger partial charge in [-0.15, -0.1) is 0 Å². The van der Waals surface area contributed by atoms with E-state index in [9.17, 15) is 4.39 Å². The molecule has 2 atom stereocenters. The summed E-state index contributed by atoms with van der Waals surface area (Å²) in [4.78, 5) is 0. The first-order valence-corrected chi connectivity index (χ1v) is 3.49. The van der Waals surface area contributed by atoms with Crippen molar-refractivity contribution in [1.29, 1.82) is 0 Å². The fourth-order valence-electron chi connectivity index (χ4n) is 1.42. The van der Waals surface area contributed by atoms with Gasteiger partial charge in [-0.3, -0.25) is 0 Å². The average molecular weight is 147 g/mol. The largest absolute Gasteiger partial charge is 0.394 e. The SMILES string of the molecule is CC(C)(F)C1CC1(N)CO. The van der Waals surface area contributed by atoms with Crippen LogP contribution < -0.4 is 5.73 Å². The summed E-state index contributed by atoms with van der Waals surface area (Å²) in [5.41, 5.74) is 3.72. The molecule has 1 fully saturated rings. The third-order valence-electron chi connectivity index (χ3n) is 2.24. The zero-order valence-corrected chi connectivity index (χ0v) is 6.39. The van der Waals surface area contributed by atoms with Crippen molar-refractivity contribution in [3.8, 4) is 0 Å².